The summed E-state index contributed by atoms with van der Waals surface area (Å²) in [6.45, 7) is 6.08. The Bertz CT molecular complexity index is 562. The van der Waals surface area contributed by atoms with Gasteiger partial charge in [0, 0.05) is 23.0 Å². The van der Waals surface area contributed by atoms with Crippen molar-refractivity contribution < 1.29 is 9.59 Å². The first-order chi connectivity index (χ1) is 11.5. The number of nitrogens with two attached hydrogens (primary N) is 1. The van der Waals surface area contributed by atoms with E-state index in [1.165, 1.54) is 12.8 Å². The smallest absolute Gasteiger partial charge is 0.248 e. The zero-order valence-electron chi connectivity index (χ0n) is 14.5. The first-order valence-electron chi connectivity index (χ1n) is 8.57. The summed E-state index contributed by atoms with van der Waals surface area (Å²) >= 11 is 1.99. The minimum absolute atomic E-state index is 0.0102. The standard InChI is InChI=1S/C18H27N3O2S/c1-3-24-16-6-4-5-11-21(12-16)13(2)18(23)20-15-9-7-14(8-10-15)17(19)22/h7-10,13,16H,3-6,11-12H2,1-2H3,(H2,19,22)(H,20,23)/t13-,16-/m1/s1. The van der Waals surface area contributed by atoms with Crippen molar-refractivity contribution in [3.8, 4) is 0 Å². The molecule has 6 heteroatoms. The second-order valence-electron chi connectivity index (χ2n) is 6.17. The molecule has 24 heavy (non-hydrogen) atoms. The number of thioether (sulfide) groups is 1. The summed E-state index contributed by atoms with van der Waals surface area (Å²) < 4.78 is 0. The maximum atomic E-state index is 12.6. The fourth-order valence-corrected chi connectivity index (χ4v) is 4.09. The molecular formula is C18H27N3O2S. The van der Waals surface area contributed by atoms with Crippen LogP contribution >= 0.6 is 11.8 Å². The zero-order chi connectivity index (χ0) is 17.5. The van der Waals surface area contributed by atoms with Crippen LogP contribution in [0.25, 0.3) is 0 Å². The Kier molecular flexibility index (Phi) is 7.12. The van der Waals surface area contributed by atoms with Crippen LogP contribution in [0.1, 0.15) is 43.5 Å². The van der Waals surface area contributed by atoms with Crippen LogP contribution in [0.2, 0.25) is 0 Å². The van der Waals surface area contributed by atoms with E-state index in [4.69, 9.17) is 5.73 Å². The predicted molar refractivity (Wildman–Crippen MR) is 100 cm³/mol. The van der Waals surface area contributed by atoms with Gasteiger partial charge in [-0.3, -0.25) is 14.5 Å². The van der Waals surface area contributed by atoms with Gasteiger partial charge in [0.05, 0.1) is 6.04 Å². The Balaban J connectivity index is 1.96. The maximum absolute atomic E-state index is 12.6. The van der Waals surface area contributed by atoms with Crippen molar-refractivity contribution in [2.45, 2.75) is 44.4 Å². The Hall–Kier alpha value is -1.53. The van der Waals surface area contributed by atoms with E-state index in [0.717, 1.165) is 25.3 Å². The molecule has 0 bridgehead atoms. The Morgan fingerprint density at radius 2 is 2.04 bits per heavy atom. The SMILES string of the molecule is CCS[C@@H]1CCCCN([C@H](C)C(=O)Nc2ccc(C(N)=O)cc2)C1. The van der Waals surface area contributed by atoms with Crippen molar-refractivity contribution in [1.29, 1.82) is 0 Å². The zero-order valence-corrected chi connectivity index (χ0v) is 15.3. The molecule has 2 rings (SSSR count). The quantitative estimate of drug-likeness (QED) is 0.828. The summed E-state index contributed by atoms with van der Waals surface area (Å²) in [5.74, 6) is 0.639. The predicted octanol–water partition coefficient (Wildman–Crippen LogP) is 2.72. The number of nitrogens with one attached hydrogen (secondary N) is 1. The number of amides is 2. The van der Waals surface area contributed by atoms with Gasteiger partial charge in [0.15, 0.2) is 0 Å². The fourth-order valence-electron chi connectivity index (χ4n) is 2.98. The summed E-state index contributed by atoms with van der Waals surface area (Å²) in [7, 11) is 0. The highest BCUT2D eigenvalue weighted by Crippen LogP contribution is 2.23. The molecule has 2 atom stereocenters. The van der Waals surface area contributed by atoms with Crippen molar-refractivity contribution in [2.75, 3.05) is 24.2 Å². The molecule has 132 valence electrons. The van der Waals surface area contributed by atoms with E-state index in [1.807, 2.05) is 18.7 Å². The molecule has 0 aromatic heterocycles. The molecule has 1 aromatic rings. The lowest BCUT2D eigenvalue weighted by molar-refractivity contribution is -0.120. The molecule has 1 heterocycles. The van der Waals surface area contributed by atoms with Crippen LogP contribution in [0.15, 0.2) is 24.3 Å². The third kappa shape index (κ3) is 5.24. The fraction of sp³-hybridized carbons (Fsp3) is 0.556. The molecule has 2 amide bonds. The van der Waals surface area contributed by atoms with Crippen molar-refractivity contribution in [3.05, 3.63) is 29.8 Å². The minimum Gasteiger partial charge on any atom is -0.366 e. The number of hydrogen-bond acceptors (Lipinski definition) is 4. The number of carbonyl (C=O) groups excluding carboxylic acids is 2. The van der Waals surface area contributed by atoms with Gasteiger partial charge >= 0.3 is 0 Å². The van der Waals surface area contributed by atoms with Gasteiger partial charge < -0.3 is 11.1 Å². The van der Waals surface area contributed by atoms with Gasteiger partial charge in [-0.15, -0.1) is 0 Å². The molecule has 0 saturated carbocycles. The van der Waals surface area contributed by atoms with Gasteiger partial charge in [-0.2, -0.15) is 11.8 Å². The summed E-state index contributed by atoms with van der Waals surface area (Å²) in [5.41, 5.74) is 6.35. The molecule has 5 nitrogen and oxygen atoms in total. The van der Waals surface area contributed by atoms with Gasteiger partial charge in [-0.05, 0) is 56.3 Å². The monoisotopic (exact) mass is 349 g/mol. The van der Waals surface area contributed by atoms with Crippen LogP contribution < -0.4 is 11.1 Å². The molecule has 0 spiro atoms. The van der Waals surface area contributed by atoms with Crippen LogP contribution in [0.5, 0.6) is 0 Å². The average Bonchev–Trinajstić information content (AvgIpc) is 2.80. The average molecular weight is 350 g/mol. The summed E-state index contributed by atoms with van der Waals surface area (Å²) in [6, 6.07) is 6.51. The van der Waals surface area contributed by atoms with Crippen LogP contribution in [-0.4, -0.2) is 46.8 Å². The maximum Gasteiger partial charge on any atom is 0.248 e. The van der Waals surface area contributed by atoms with E-state index in [0.29, 0.717) is 16.5 Å². The highest BCUT2D eigenvalue weighted by atomic mass is 32.2. The molecule has 0 aliphatic carbocycles. The number of hydrogen-bond donors (Lipinski definition) is 2. The van der Waals surface area contributed by atoms with Gasteiger partial charge in [0.2, 0.25) is 11.8 Å². The molecule has 1 saturated heterocycles. The summed E-state index contributed by atoms with van der Waals surface area (Å²) in [4.78, 5) is 25.9. The first kappa shape index (κ1) is 18.8. The number of likely N-dealkylation sites (tertiary alicyclic amines) is 1. The van der Waals surface area contributed by atoms with E-state index in [1.54, 1.807) is 24.3 Å². The molecule has 1 aromatic carbocycles. The lowest BCUT2D eigenvalue weighted by atomic mass is 10.2. The minimum atomic E-state index is -0.467. The van der Waals surface area contributed by atoms with Gasteiger partial charge in [-0.25, -0.2) is 0 Å². The molecule has 1 aliphatic rings. The Labute approximate surface area is 148 Å². The summed E-state index contributed by atoms with van der Waals surface area (Å²) in [6.07, 6.45) is 3.61. The summed E-state index contributed by atoms with van der Waals surface area (Å²) in [5, 5.41) is 3.55. The van der Waals surface area contributed by atoms with Crippen LogP contribution in [0, 0.1) is 0 Å². The van der Waals surface area contributed by atoms with Crippen molar-refractivity contribution >= 4 is 29.3 Å². The Morgan fingerprint density at radius 1 is 1.33 bits per heavy atom. The van der Waals surface area contributed by atoms with E-state index < -0.39 is 5.91 Å². The molecule has 1 aliphatic heterocycles. The van der Waals surface area contributed by atoms with Crippen LogP contribution in [-0.2, 0) is 4.79 Å². The Morgan fingerprint density at radius 3 is 2.67 bits per heavy atom. The molecule has 0 radical (unpaired) electrons. The van der Waals surface area contributed by atoms with E-state index >= 15 is 0 Å². The van der Waals surface area contributed by atoms with Gasteiger partial charge in [-0.1, -0.05) is 13.3 Å². The van der Waals surface area contributed by atoms with Crippen molar-refractivity contribution in [3.63, 3.8) is 0 Å². The third-order valence-corrected chi connectivity index (χ3v) is 5.62. The third-order valence-electron chi connectivity index (χ3n) is 4.43. The topological polar surface area (TPSA) is 75.4 Å². The number of rotatable bonds is 6. The number of primary amides is 1. The van der Waals surface area contributed by atoms with E-state index in [9.17, 15) is 9.59 Å². The molecular weight excluding hydrogens is 322 g/mol. The highest BCUT2D eigenvalue weighted by molar-refractivity contribution is 7.99. The van der Waals surface area contributed by atoms with Crippen molar-refractivity contribution in [1.82, 2.24) is 4.90 Å². The highest BCUT2D eigenvalue weighted by Gasteiger charge is 2.26. The lowest BCUT2D eigenvalue weighted by Crippen LogP contribution is -2.44. The number of nitrogens with zero attached hydrogens (tertiary/aromatic N) is 1. The second-order valence-corrected chi connectivity index (χ2v) is 7.75. The first-order valence-corrected chi connectivity index (χ1v) is 9.62. The molecule has 0 unspecified atom stereocenters. The molecule has 1 fully saturated rings. The van der Waals surface area contributed by atoms with E-state index in [2.05, 4.69) is 17.1 Å². The van der Waals surface area contributed by atoms with E-state index in [-0.39, 0.29) is 11.9 Å². The number of anilines is 1. The number of benzene rings is 1. The largest absolute Gasteiger partial charge is 0.366 e. The van der Waals surface area contributed by atoms with Crippen LogP contribution in [0.4, 0.5) is 5.69 Å². The van der Waals surface area contributed by atoms with Gasteiger partial charge in [0.25, 0.3) is 0 Å². The van der Waals surface area contributed by atoms with Crippen molar-refractivity contribution in [2.24, 2.45) is 5.73 Å². The number of carbonyl (C=O) groups is 2. The lowest BCUT2D eigenvalue weighted by Gasteiger charge is -2.29. The normalized spacial score (nSPS) is 20.2. The molecule has 3 N–H and O–H groups in total. The van der Waals surface area contributed by atoms with Crippen LogP contribution in [0.3, 0.4) is 0 Å². The van der Waals surface area contributed by atoms with Gasteiger partial charge in [0.1, 0.15) is 0 Å². The second kappa shape index (κ2) is 9.08.